The van der Waals surface area contributed by atoms with E-state index in [2.05, 4.69) is 5.32 Å². The zero-order valence-electron chi connectivity index (χ0n) is 8.57. The summed E-state index contributed by atoms with van der Waals surface area (Å²) in [5.41, 5.74) is 5.28. The van der Waals surface area contributed by atoms with Crippen LogP contribution in [0, 0.1) is 0 Å². The number of carbonyl (C=O) groups excluding carboxylic acids is 2. The van der Waals surface area contributed by atoms with Crippen molar-refractivity contribution in [3.05, 3.63) is 35.9 Å². The molecular weight excluding hydrogens is 192 g/mol. The molecule has 0 aromatic heterocycles. The Bertz CT molecular complexity index is 351. The van der Waals surface area contributed by atoms with Crippen LogP contribution in [-0.2, 0) is 15.1 Å². The maximum absolute atomic E-state index is 10.9. The van der Waals surface area contributed by atoms with Crippen LogP contribution in [0.3, 0.4) is 0 Å². The predicted octanol–water partition coefficient (Wildman–Crippen LogP) is 0.523. The normalized spacial score (nSPS) is 13.9. The van der Waals surface area contributed by atoms with E-state index in [0.717, 1.165) is 5.56 Å². The monoisotopic (exact) mass is 206 g/mol. The van der Waals surface area contributed by atoms with Crippen molar-refractivity contribution in [2.24, 2.45) is 5.73 Å². The molecule has 4 heteroatoms. The highest BCUT2D eigenvalue weighted by Crippen LogP contribution is 2.23. The first-order valence-corrected chi connectivity index (χ1v) is 4.63. The van der Waals surface area contributed by atoms with E-state index in [1.54, 1.807) is 6.92 Å². The molecule has 0 fully saturated rings. The molecule has 0 saturated heterocycles. The Balaban J connectivity index is 3.00. The summed E-state index contributed by atoms with van der Waals surface area (Å²) in [4.78, 5) is 21.4. The molecule has 1 rings (SSSR count). The zero-order chi connectivity index (χ0) is 11.3. The van der Waals surface area contributed by atoms with Crippen LogP contribution in [0.4, 0.5) is 0 Å². The summed E-state index contributed by atoms with van der Waals surface area (Å²) in [7, 11) is 0. The van der Waals surface area contributed by atoms with Crippen molar-refractivity contribution in [3.63, 3.8) is 0 Å². The van der Waals surface area contributed by atoms with E-state index >= 15 is 0 Å². The number of nitrogens with one attached hydrogen (secondary N) is 1. The molecule has 1 aromatic rings. The van der Waals surface area contributed by atoms with Crippen molar-refractivity contribution in [2.45, 2.75) is 18.9 Å². The summed E-state index contributed by atoms with van der Waals surface area (Å²) in [6.07, 6.45) is 0.658. The van der Waals surface area contributed by atoms with Crippen molar-refractivity contribution in [3.8, 4) is 0 Å². The maximum atomic E-state index is 10.9. The molecule has 80 valence electrons. The summed E-state index contributed by atoms with van der Waals surface area (Å²) in [5.74, 6) is -0.448. The van der Waals surface area contributed by atoms with Gasteiger partial charge in [-0.2, -0.15) is 0 Å². The molecule has 2 amide bonds. The van der Waals surface area contributed by atoms with Gasteiger partial charge in [-0.1, -0.05) is 30.3 Å². The Morgan fingerprint density at radius 1 is 1.47 bits per heavy atom. The van der Waals surface area contributed by atoms with Crippen molar-refractivity contribution >= 4 is 12.3 Å². The lowest BCUT2D eigenvalue weighted by molar-refractivity contribution is -0.120. The van der Waals surface area contributed by atoms with Crippen LogP contribution in [-0.4, -0.2) is 12.3 Å². The van der Waals surface area contributed by atoms with E-state index in [1.807, 2.05) is 30.3 Å². The van der Waals surface area contributed by atoms with Gasteiger partial charge < -0.3 is 11.1 Å². The molecule has 0 aliphatic heterocycles. The van der Waals surface area contributed by atoms with Gasteiger partial charge >= 0.3 is 0 Å². The lowest BCUT2D eigenvalue weighted by Gasteiger charge is -2.28. The summed E-state index contributed by atoms with van der Waals surface area (Å²) >= 11 is 0. The minimum Gasteiger partial charge on any atom is -0.370 e. The fourth-order valence-corrected chi connectivity index (χ4v) is 1.52. The van der Waals surface area contributed by atoms with Gasteiger partial charge in [-0.05, 0) is 12.5 Å². The molecule has 1 unspecified atom stereocenters. The van der Waals surface area contributed by atoms with Gasteiger partial charge in [0.05, 0.1) is 12.0 Å². The van der Waals surface area contributed by atoms with E-state index in [0.29, 0.717) is 6.41 Å². The van der Waals surface area contributed by atoms with Crippen LogP contribution in [0.15, 0.2) is 30.3 Å². The Hall–Kier alpha value is -1.84. The van der Waals surface area contributed by atoms with Crippen molar-refractivity contribution in [1.82, 2.24) is 5.32 Å². The number of carbonyl (C=O) groups is 2. The second kappa shape index (κ2) is 4.59. The van der Waals surface area contributed by atoms with E-state index < -0.39 is 11.4 Å². The first kappa shape index (κ1) is 11.2. The third-order valence-corrected chi connectivity index (χ3v) is 2.32. The second-order valence-corrected chi connectivity index (χ2v) is 3.60. The van der Waals surface area contributed by atoms with Gasteiger partial charge in [0.2, 0.25) is 12.3 Å². The molecule has 4 nitrogen and oxygen atoms in total. The molecule has 0 bridgehead atoms. The number of rotatable bonds is 5. The highest BCUT2D eigenvalue weighted by Gasteiger charge is 2.27. The van der Waals surface area contributed by atoms with Gasteiger partial charge in [0.1, 0.15) is 0 Å². The standard InChI is InChI=1S/C11H14N2O2/c1-11(13-8-14,7-10(12)15)9-5-3-2-4-6-9/h2-6,8H,7H2,1H3,(H2,12,15)(H,13,14). The summed E-state index contributed by atoms with van der Waals surface area (Å²) in [6.45, 7) is 1.77. The number of hydrogen-bond acceptors (Lipinski definition) is 2. The van der Waals surface area contributed by atoms with Gasteiger partial charge in [0.15, 0.2) is 0 Å². The van der Waals surface area contributed by atoms with Crippen LogP contribution >= 0.6 is 0 Å². The number of benzene rings is 1. The molecular formula is C11H14N2O2. The molecule has 0 aliphatic carbocycles. The third kappa shape index (κ3) is 2.80. The van der Waals surface area contributed by atoms with Gasteiger partial charge in [-0.25, -0.2) is 0 Å². The second-order valence-electron chi connectivity index (χ2n) is 3.60. The quantitative estimate of drug-likeness (QED) is 0.689. The zero-order valence-corrected chi connectivity index (χ0v) is 8.57. The van der Waals surface area contributed by atoms with Crippen molar-refractivity contribution in [2.75, 3.05) is 0 Å². The summed E-state index contributed by atoms with van der Waals surface area (Å²) in [6, 6.07) is 9.26. The highest BCUT2D eigenvalue weighted by atomic mass is 16.1. The molecule has 0 aliphatic rings. The Kier molecular flexibility index (Phi) is 3.44. The molecule has 0 radical (unpaired) electrons. The van der Waals surface area contributed by atoms with Crippen LogP contribution in [0.2, 0.25) is 0 Å². The molecule has 15 heavy (non-hydrogen) atoms. The Morgan fingerprint density at radius 2 is 2.07 bits per heavy atom. The third-order valence-electron chi connectivity index (χ3n) is 2.32. The molecule has 1 aromatic carbocycles. The molecule has 0 spiro atoms. The number of hydrogen-bond donors (Lipinski definition) is 2. The lowest BCUT2D eigenvalue weighted by atomic mass is 9.88. The molecule has 1 atom stereocenters. The number of amides is 2. The smallest absolute Gasteiger partial charge is 0.220 e. The fourth-order valence-electron chi connectivity index (χ4n) is 1.52. The first-order valence-electron chi connectivity index (χ1n) is 4.63. The van der Waals surface area contributed by atoms with Crippen LogP contribution in [0.1, 0.15) is 18.9 Å². The fraction of sp³-hybridized carbons (Fsp3) is 0.273. The van der Waals surface area contributed by atoms with E-state index in [-0.39, 0.29) is 6.42 Å². The van der Waals surface area contributed by atoms with Gasteiger partial charge in [-0.15, -0.1) is 0 Å². The van der Waals surface area contributed by atoms with Gasteiger partial charge in [-0.3, -0.25) is 9.59 Å². The van der Waals surface area contributed by atoms with Crippen LogP contribution in [0.5, 0.6) is 0 Å². The minimum absolute atomic E-state index is 0.0791. The van der Waals surface area contributed by atoms with Gasteiger partial charge in [0.25, 0.3) is 0 Å². The average Bonchev–Trinajstić information content (AvgIpc) is 2.18. The number of primary amides is 1. The summed E-state index contributed by atoms with van der Waals surface area (Å²) in [5, 5.41) is 2.63. The van der Waals surface area contributed by atoms with Crippen LogP contribution < -0.4 is 11.1 Å². The van der Waals surface area contributed by atoms with Crippen LogP contribution in [0.25, 0.3) is 0 Å². The topological polar surface area (TPSA) is 72.2 Å². The molecule has 0 saturated carbocycles. The molecule has 3 N–H and O–H groups in total. The number of nitrogens with two attached hydrogens (primary N) is 1. The average molecular weight is 206 g/mol. The van der Waals surface area contributed by atoms with Crippen molar-refractivity contribution < 1.29 is 9.59 Å². The Labute approximate surface area is 88.5 Å². The van der Waals surface area contributed by atoms with E-state index in [1.165, 1.54) is 0 Å². The highest BCUT2D eigenvalue weighted by molar-refractivity contribution is 5.76. The predicted molar refractivity (Wildman–Crippen MR) is 56.8 cm³/mol. The van der Waals surface area contributed by atoms with E-state index in [9.17, 15) is 9.59 Å². The van der Waals surface area contributed by atoms with Crippen molar-refractivity contribution in [1.29, 1.82) is 0 Å². The maximum Gasteiger partial charge on any atom is 0.220 e. The summed E-state index contributed by atoms with van der Waals surface area (Å²) < 4.78 is 0. The minimum atomic E-state index is -0.727. The SMILES string of the molecule is CC(CC(N)=O)(NC=O)c1ccccc1. The largest absolute Gasteiger partial charge is 0.370 e. The first-order chi connectivity index (χ1) is 7.08. The lowest BCUT2D eigenvalue weighted by Crippen LogP contribution is -2.42. The van der Waals surface area contributed by atoms with Gasteiger partial charge in [0, 0.05) is 0 Å². The molecule has 0 heterocycles. The van der Waals surface area contributed by atoms with E-state index in [4.69, 9.17) is 5.73 Å². The Morgan fingerprint density at radius 3 is 2.53 bits per heavy atom.